The van der Waals surface area contributed by atoms with Crippen LogP contribution in [0.1, 0.15) is 5.56 Å². The summed E-state index contributed by atoms with van der Waals surface area (Å²) in [6.07, 6.45) is 2.01. The first-order chi connectivity index (χ1) is 6.47. The molecule has 0 aliphatic carbocycles. The van der Waals surface area contributed by atoms with Crippen LogP contribution in [-0.2, 0) is 15.5 Å². The molecule has 0 saturated heterocycles. The highest BCUT2D eigenvalue weighted by atomic mass is 35.7. The van der Waals surface area contributed by atoms with Crippen LogP contribution in [0.15, 0.2) is 35.7 Å². The molecule has 0 radical (unpaired) electrons. The van der Waals surface area contributed by atoms with Crippen LogP contribution in [0.3, 0.4) is 0 Å². The van der Waals surface area contributed by atoms with Gasteiger partial charge in [-0.25, -0.2) is 8.42 Å². The zero-order valence-corrected chi connectivity index (χ0v) is 9.48. The molecule has 1 aromatic carbocycles. The van der Waals surface area contributed by atoms with Crippen LogP contribution in [0.5, 0.6) is 0 Å². The maximum atomic E-state index is 10.5. The zero-order chi connectivity index (χ0) is 10.6. The molecular weight excluding hydrogens is 243 g/mol. The van der Waals surface area contributed by atoms with Crippen molar-refractivity contribution in [2.45, 2.75) is 6.42 Å². The second-order valence-corrected chi connectivity index (χ2v) is 5.63. The Balaban J connectivity index is 2.63. The van der Waals surface area contributed by atoms with Crippen LogP contribution in [0.2, 0.25) is 5.02 Å². The van der Waals surface area contributed by atoms with Crippen molar-refractivity contribution in [2.24, 2.45) is 0 Å². The molecule has 0 N–H and O–H groups in total. The topological polar surface area (TPSA) is 34.1 Å². The van der Waals surface area contributed by atoms with Crippen molar-refractivity contribution in [1.29, 1.82) is 0 Å². The first-order valence-corrected chi connectivity index (χ1v) is 6.58. The van der Waals surface area contributed by atoms with Crippen molar-refractivity contribution in [3.05, 3.63) is 46.3 Å². The SMILES string of the molecule is O=S(=O)(Cl)/C=C\Cc1ccc(Cl)cc1. The number of benzene rings is 1. The summed E-state index contributed by atoms with van der Waals surface area (Å²) in [6.45, 7) is 0. The van der Waals surface area contributed by atoms with Crippen molar-refractivity contribution >= 4 is 31.3 Å². The number of allylic oxidation sites excluding steroid dienone is 1. The second kappa shape index (κ2) is 4.82. The van der Waals surface area contributed by atoms with Gasteiger partial charge in [0.2, 0.25) is 0 Å². The van der Waals surface area contributed by atoms with Crippen molar-refractivity contribution in [3.63, 3.8) is 0 Å². The summed E-state index contributed by atoms with van der Waals surface area (Å²) in [5.41, 5.74) is 0.978. The minimum Gasteiger partial charge on any atom is -0.208 e. The van der Waals surface area contributed by atoms with Gasteiger partial charge in [0.1, 0.15) is 0 Å². The predicted molar refractivity (Wildman–Crippen MR) is 59.1 cm³/mol. The van der Waals surface area contributed by atoms with Gasteiger partial charge in [0, 0.05) is 21.1 Å². The predicted octanol–water partition coefficient (Wildman–Crippen LogP) is 2.96. The molecule has 2 nitrogen and oxygen atoms in total. The smallest absolute Gasteiger partial charge is 0.208 e. The molecule has 0 bridgehead atoms. The maximum absolute atomic E-state index is 10.5. The lowest BCUT2D eigenvalue weighted by molar-refractivity contribution is 0.617. The van der Waals surface area contributed by atoms with Crippen LogP contribution in [0, 0.1) is 0 Å². The van der Waals surface area contributed by atoms with Crippen molar-refractivity contribution < 1.29 is 8.42 Å². The molecule has 14 heavy (non-hydrogen) atoms. The first kappa shape index (κ1) is 11.6. The Morgan fingerprint density at radius 3 is 2.29 bits per heavy atom. The van der Waals surface area contributed by atoms with E-state index in [9.17, 15) is 8.42 Å². The molecule has 0 amide bonds. The van der Waals surface area contributed by atoms with Gasteiger partial charge in [-0.1, -0.05) is 29.8 Å². The van der Waals surface area contributed by atoms with Crippen LogP contribution in [0.25, 0.3) is 0 Å². The van der Waals surface area contributed by atoms with Gasteiger partial charge in [0.05, 0.1) is 0 Å². The molecule has 0 unspecified atom stereocenters. The Kier molecular flexibility index (Phi) is 3.98. The minimum atomic E-state index is -3.54. The molecule has 0 heterocycles. The van der Waals surface area contributed by atoms with Crippen LogP contribution in [0.4, 0.5) is 0 Å². The lowest BCUT2D eigenvalue weighted by Gasteiger charge is -1.95. The summed E-state index contributed by atoms with van der Waals surface area (Å²) in [5, 5.41) is 1.63. The zero-order valence-electron chi connectivity index (χ0n) is 7.15. The van der Waals surface area contributed by atoms with Crippen LogP contribution in [-0.4, -0.2) is 8.42 Å². The van der Waals surface area contributed by atoms with Crippen LogP contribution >= 0.6 is 22.3 Å². The third kappa shape index (κ3) is 4.65. The average molecular weight is 251 g/mol. The van der Waals surface area contributed by atoms with Gasteiger partial charge in [0.25, 0.3) is 9.05 Å². The normalized spacial score (nSPS) is 12.1. The van der Waals surface area contributed by atoms with E-state index in [4.69, 9.17) is 22.3 Å². The molecule has 0 aliphatic rings. The average Bonchev–Trinajstić information content (AvgIpc) is 2.06. The Bertz CT molecular complexity index is 421. The third-order valence-corrected chi connectivity index (χ3v) is 2.60. The molecule has 5 heteroatoms. The van der Waals surface area contributed by atoms with E-state index in [0.717, 1.165) is 11.0 Å². The quantitative estimate of drug-likeness (QED) is 0.774. The van der Waals surface area contributed by atoms with E-state index >= 15 is 0 Å². The number of hydrogen-bond acceptors (Lipinski definition) is 2. The Morgan fingerprint density at radius 2 is 1.79 bits per heavy atom. The molecule has 0 spiro atoms. The molecule has 0 saturated carbocycles. The van der Waals surface area contributed by atoms with Gasteiger partial charge in [-0.15, -0.1) is 0 Å². The Hall–Kier alpha value is -0.510. The van der Waals surface area contributed by atoms with Crippen molar-refractivity contribution in [3.8, 4) is 0 Å². The standard InChI is InChI=1S/C9H8Cl2O2S/c10-9-5-3-8(4-6-9)2-1-7-14(11,12)13/h1,3-7H,2H2/b7-1-. The Morgan fingerprint density at radius 1 is 1.21 bits per heavy atom. The number of halogens is 2. The minimum absolute atomic E-state index is 0.517. The van der Waals surface area contributed by atoms with Gasteiger partial charge < -0.3 is 0 Å². The highest BCUT2D eigenvalue weighted by Crippen LogP contribution is 2.10. The first-order valence-electron chi connectivity index (χ1n) is 3.83. The van der Waals surface area contributed by atoms with Gasteiger partial charge in [0.15, 0.2) is 0 Å². The molecule has 0 atom stereocenters. The lowest BCUT2D eigenvalue weighted by atomic mass is 10.2. The third-order valence-electron chi connectivity index (χ3n) is 1.53. The molecule has 0 aromatic heterocycles. The molecule has 1 rings (SSSR count). The van der Waals surface area contributed by atoms with Gasteiger partial charge in [-0.05, 0) is 24.1 Å². The number of rotatable bonds is 3. The van der Waals surface area contributed by atoms with Crippen molar-refractivity contribution in [1.82, 2.24) is 0 Å². The second-order valence-electron chi connectivity index (χ2n) is 2.68. The summed E-state index contributed by atoms with van der Waals surface area (Å²) in [6, 6.07) is 7.15. The summed E-state index contributed by atoms with van der Waals surface area (Å²) < 4.78 is 21.1. The summed E-state index contributed by atoms with van der Waals surface area (Å²) in [7, 11) is 1.45. The monoisotopic (exact) mass is 250 g/mol. The van der Waals surface area contributed by atoms with Gasteiger partial charge in [-0.2, -0.15) is 0 Å². The molecule has 76 valence electrons. The number of hydrogen-bond donors (Lipinski definition) is 0. The van der Waals surface area contributed by atoms with E-state index in [-0.39, 0.29) is 0 Å². The summed E-state index contributed by atoms with van der Waals surface area (Å²) >= 11 is 5.68. The lowest BCUT2D eigenvalue weighted by Crippen LogP contribution is -1.83. The largest absolute Gasteiger partial charge is 0.254 e. The van der Waals surface area contributed by atoms with E-state index < -0.39 is 9.05 Å². The summed E-state index contributed by atoms with van der Waals surface area (Å²) in [4.78, 5) is 0. The Labute approximate surface area is 92.6 Å². The summed E-state index contributed by atoms with van der Waals surface area (Å²) in [5.74, 6) is 0. The van der Waals surface area contributed by atoms with E-state index in [2.05, 4.69) is 0 Å². The van der Waals surface area contributed by atoms with E-state index in [1.807, 2.05) is 12.1 Å². The van der Waals surface area contributed by atoms with E-state index in [1.54, 1.807) is 12.1 Å². The van der Waals surface area contributed by atoms with E-state index in [0.29, 0.717) is 11.4 Å². The van der Waals surface area contributed by atoms with Gasteiger partial charge >= 0.3 is 0 Å². The van der Waals surface area contributed by atoms with Crippen molar-refractivity contribution in [2.75, 3.05) is 0 Å². The molecule has 0 fully saturated rings. The fourth-order valence-electron chi connectivity index (χ4n) is 0.920. The molecule has 0 aliphatic heterocycles. The highest BCUT2D eigenvalue weighted by molar-refractivity contribution is 8.16. The fourth-order valence-corrected chi connectivity index (χ4v) is 1.59. The molecule has 1 aromatic rings. The van der Waals surface area contributed by atoms with Gasteiger partial charge in [-0.3, -0.25) is 0 Å². The molecular formula is C9H8Cl2O2S. The maximum Gasteiger partial charge on any atom is 0.254 e. The van der Waals surface area contributed by atoms with E-state index in [1.165, 1.54) is 6.08 Å². The highest BCUT2D eigenvalue weighted by Gasteiger charge is 1.96. The fraction of sp³-hybridized carbons (Fsp3) is 0.111. The van der Waals surface area contributed by atoms with Crippen LogP contribution < -0.4 is 0 Å².